The number of para-hydroxylation sites is 1. The topological polar surface area (TPSA) is 117 Å². The Morgan fingerprint density at radius 1 is 0.867 bits per heavy atom. The third-order valence-corrected chi connectivity index (χ3v) is 8.35. The first-order chi connectivity index (χ1) is 21.9. The van der Waals surface area contributed by atoms with Gasteiger partial charge in [0, 0.05) is 12.6 Å². The van der Waals surface area contributed by atoms with Crippen LogP contribution in [0.5, 0.6) is 23.0 Å². The van der Waals surface area contributed by atoms with Gasteiger partial charge in [-0.2, -0.15) is 0 Å². The number of carbonyl (C=O) groups is 2. The van der Waals surface area contributed by atoms with E-state index in [0.29, 0.717) is 40.5 Å². The van der Waals surface area contributed by atoms with Gasteiger partial charge in [-0.25, -0.2) is 4.68 Å². The number of aromatic nitrogens is 3. The zero-order valence-electron chi connectivity index (χ0n) is 26.3. The van der Waals surface area contributed by atoms with Gasteiger partial charge in [0.05, 0.1) is 34.0 Å². The maximum Gasteiger partial charge on any atom is 0.247 e. The van der Waals surface area contributed by atoms with Crippen molar-refractivity contribution in [2.24, 2.45) is 0 Å². The van der Waals surface area contributed by atoms with Crippen LogP contribution in [0.15, 0.2) is 60.7 Å². The zero-order chi connectivity index (χ0) is 31.8. The summed E-state index contributed by atoms with van der Waals surface area (Å²) < 4.78 is 23.6. The third kappa shape index (κ3) is 7.30. The molecule has 0 radical (unpaired) electrons. The van der Waals surface area contributed by atoms with Crippen LogP contribution < -0.4 is 24.3 Å². The van der Waals surface area contributed by atoms with Crippen LogP contribution in [0.25, 0.3) is 11.0 Å². The fraction of sp³-hybridized carbons (Fsp3) is 0.412. The minimum Gasteiger partial charge on any atom is -0.493 e. The molecular weight excluding hydrogens is 574 g/mol. The number of fused-ring (bicyclic) bond motifs is 1. The maximum atomic E-state index is 14.3. The van der Waals surface area contributed by atoms with E-state index in [0.717, 1.165) is 43.2 Å². The smallest absolute Gasteiger partial charge is 0.247 e. The largest absolute Gasteiger partial charge is 0.493 e. The SMILES string of the molecule is COc1ccc(CCN(C(=O)Cn2nnc3ccccc32)[C@@H](C(=O)NC2CCCCC2)c2ccc(OC)c(OC)c2)cc1OC. The number of nitrogens with zero attached hydrogens (tertiary/aromatic N) is 4. The second-order valence-electron chi connectivity index (χ2n) is 11.1. The molecule has 1 N–H and O–H groups in total. The van der Waals surface area contributed by atoms with Crippen molar-refractivity contribution in [1.82, 2.24) is 25.2 Å². The van der Waals surface area contributed by atoms with E-state index in [-0.39, 0.29) is 30.9 Å². The standard InChI is InChI=1S/C34H41N5O6/c1-42-28-16-14-23(20-30(28)44-3)18-19-38(32(40)22-39-27-13-9-8-12-26(27)36-37-39)33(34(41)35-25-10-6-5-7-11-25)24-15-17-29(43-2)31(21-24)45-4/h8-9,12-17,20-21,25,33H,5-7,10-11,18-19,22H2,1-4H3,(H,35,41)/t33-/m1/s1. The highest BCUT2D eigenvalue weighted by molar-refractivity contribution is 5.89. The number of amides is 2. The summed E-state index contributed by atoms with van der Waals surface area (Å²) >= 11 is 0. The average molecular weight is 616 g/mol. The summed E-state index contributed by atoms with van der Waals surface area (Å²) in [6, 6.07) is 17.6. The number of benzene rings is 3. The summed E-state index contributed by atoms with van der Waals surface area (Å²) in [7, 11) is 6.29. The van der Waals surface area contributed by atoms with Gasteiger partial charge in [-0.05, 0) is 66.8 Å². The third-order valence-electron chi connectivity index (χ3n) is 8.35. The fourth-order valence-corrected chi connectivity index (χ4v) is 5.96. The minimum atomic E-state index is -0.936. The summed E-state index contributed by atoms with van der Waals surface area (Å²) in [4.78, 5) is 30.2. The molecule has 4 aromatic rings. The molecule has 1 aromatic heterocycles. The van der Waals surface area contributed by atoms with Crippen LogP contribution in [0.2, 0.25) is 0 Å². The molecule has 1 fully saturated rings. The highest BCUT2D eigenvalue weighted by Crippen LogP contribution is 2.34. The van der Waals surface area contributed by atoms with E-state index in [1.807, 2.05) is 48.5 Å². The molecule has 1 saturated carbocycles. The summed E-state index contributed by atoms with van der Waals surface area (Å²) in [6.45, 7) is 0.158. The Morgan fingerprint density at radius 3 is 2.24 bits per heavy atom. The van der Waals surface area contributed by atoms with Gasteiger partial charge in [-0.15, -0.1) is 5.10 Å². The predicted molar refractivity (Wildman–Crippen MR) is 170 cm³/mol. The minimum absolute atomic E-state index is 0.0518. The molecule has 11 nitrogen and oxygen atoms in total. The van der Waals surface area contributed by atoms with Gasteiger partial charge >= 0.3 is 0 Å². The van der Waals surface area contributed by atoms with Crippen molar-refractivity contribution in [3.05, 3.63) is 71.8 Å². The van der Waals surface area contributed by atoms with Gasteiger partial charge in [-0.3, -0.25) is 9.59 Å². The van der Waals surface area contributed by atoms with Gasteiger partial charge in [-0.1, -0.05) is 48.7 Å². The lowest BCUT2D eigenvalue weighted by atomic mass is 9.94. The first-order valence-corrected chi connectivity index (χ1v) is 15.3. The predicted octanol–water partition coefficient (Wildman–Crippen LogP) is 4.73. The van der Waals surface area contributed by atoms with E-state index in [1.165, 1.54) is 0 Å². The molecule has 0 saturated heterocycles. The summed E-state index contributed by atoms with van der Waals surface area (Å²) in [5.74, 6) is 1.70. The number of hydrogen-bond acceptors (Lipinski definition) is 8. The Morgan fingerprint density at radius 2 is 1.53 bits per heavy atom. The van der Waals surface area contributed by atoms with Crippen molar-refractivity contribution in [2.45, 2.75) is 57.2 Å². The van der Waals surface area contributed by atoms with E-state index in [9.17, 15) is 9.59 Å². The van der Waals surface area contributed by atoms with E-state index in [1.54, 1.807) is 50.2 Å². The van der Waals surface area contributed by atoms with Gasteiger partial charge in [0.25, 0.3) is 0 Å². The highest BCUT2D eigenvalue weighted by Gasteiger charge is 2.34. The number of hydrogen-bond donors (Lipinski definition) is 1. The molecule has 1 atom stereocenters. The van der Waals surface area contributed by atoms with Crippen molar-refractivity contribution in [3.8, 4) is 23.0 Å². The number of ether oxygens (including phenoxy) is 4. The first kappa shape index (κ1) is 31.6. The van der Waals surface area contributed by atoms with Crippen LogP contribution in [0.1, 0.15) is 49.3 Å². The average Bonchev–Trinajstić information content (AvgIpc) is 3.48. The van der Waals surface area contributed by atoms with Gasteiger partial charge in [0.2, 0.25) is 11.8 Å². The monoisotopic (exact) mass is 615 g/mol. The van der Waals surface area contributed by atoms with Crippen LogP contribution in [-0.4, -0.2) is 72.7 Å². The van der Waals surface area contributed by atoms with Crippen LogP contribution in [0.3, 0.4) is 0 Å². The van der Waals surface area contributed by atoms with E-state index < -0.39 is 6.04 Å². The van der Waals surface area contributed by atoms with Crippen LogP contribution >= 0.6 is 0 Å². The molecule has 45 heavy (non-hydrogen) atoms. The van der Waals surface area contributed by atoms with Crippen LogP contribution in [-0.2, 0) is 22.6 Å². The van der Waals surface area contributed by atoms with Gasteiger partial charge < -0.3 is 29.2 Å². The van der Waals surface area contributed by atoms with Crippen LogP contribution in [0.4, 0.5) is 0 Å². The molecule has 1 aliphatic carbocycles. The normalized spacial score (nSPS) is 14.0. The molecule has 0 spiro atoms. The van der Waals surface area contributed by atoms with Crippen molar-refractivity contribution < 1.29 is 28.5 Å². The molecule has 238 valence electrons. The lowest BCUT2D eigenvalue weighted by Crippen LogP contribution is -2.48. The molecule has 11 heteroatoms. The molecule has 0 unspecified atom stereocenters. The van der Waals surface area contributed by atoms with Crippen molar-refractivity contribution in [1.29, 1.82) is 0 Å². The number of carbonyl (C=O) groups excluding carboxylic acids is 2. The van der Waals surface area contributed by atoms with Gasteiger partial charge in [0.15, 0.2) is 23.0 Å². The second kappa shape index (κ2) is 14.8. The van der Waals surface area contributed by atoms with Crippen molar-refractivity contribution in [2.75, 3.05) is 35.0 Å². The van der Waals surface area contributed by atoms with Crippen molar-refractivity contribution in [3.63, 3.8) is 0 Å². The van der Waals surface area contributed by atoms with Crippen LogP contribution in [0, 0.1) is 0 Å². The Hall–Kier alpha value is -4.80. The summed E-state index contributed by atoms with van der Waals surface area (Å²) in [6.07, 6.45) is 5.57. The molecule has 1 heterocycles. The Kier molecular flexibility index (Phi) is 10.4. The quantitative estimate of drug-likeness (QED) is 0.230. The summed E-state index contributed by atoms with van der Waals surface area (Å²) in [5, 5.41) is 11.7. The van der Waals surface area contributed by atoms with E-state index in [4.69, 9.17) is 18.9 Å². The Bertz CT molecular complexity index is 1620. The molecule has 5 rings (SSSR count). The molecule has 3 aromatic carbocycles. The molecule has 0 bridgehead atoms. The van der Waals surface area contributed by atoms with Gasteiger partial charge in [0.1, 0.15) is 18.1 Å². The zero-order valence-corrected chi connectivity index (χ0v) is 26.3. The number of nitrogens with one attached hydrogen (secondary N) is 1. The molecule has 1 aliphatic rings. The number of rotatable bonds is 13. The maximum absolute atomic E-state index is 14.3. The Labute approximate surface area is 263 Å². The molecule has 2 amide bonds. The second-order valence-corrected chi connectivity index (χ2v) is 11.1. The summed E-state index contributed by atoms with van der Waals surface area (Å²) in [5.41, 5.74) is 2.97. The van der Waals surface area contributed by atoms with Crippen molar-refractivity contribution >= 4 is 22.8 Å². The first-order valence-electron chi connectivity index (χ1n) is 15.3. The Balaban J connectivity index is 1.54. The molecular formula is C34H41N5O6. The lowest BCUT2D eigenvalue weighted by Gasteiger charge is -2.34. The van der Waals surface area contributed by atoms with E-state index in [2.05, 4.69) is 15.6 Å². The number of methoxy groups -OCH3 is 4. The molecule has 0 aliphatic heterocycles. The van der Waals surface area contributed by atoms with E-state index >= 15 is 0 Å². The highest BCUT2D eigenvalue weighted by atomic mass is 16.5. The fourth-order valence-electron chi connectivity index (χ4n) is 5.96. The lowest BCUT2D eigenvalue weighted by molar-refractivity contribution is -0.141.